The van der Waals surface area contributed by atoms with Crippen molar-refractivity contribution in [3.63, 3.8) is 0 Å². The van der Waals surface area contributed by atoms with E-state index in [1.54, 1.807) is 12.3 Å². The first-order chi connectivity index (χ1) is 16.4. The Morgan fingerprint density at radius 1 is 1.15 bits per heavy atom. The van der Waals surface area contributed by atoms with Crippen LogP contribution in [0.2, 0.25) is 0 Å². The van der Waals surface area contributed by atoms with Crippen LogP contribution in [-0.4, -0.2) is 27.2 Å². The quantitative estimate of drug-likeness (QED) is 0.317. The third-order valence-corrected chi connectivity index (χ3v) is 6.78. The summed E-state index contributed by atoms with van der Waals surface area (Å²) in [5.41, 5.74) is 4.46. The van der Waals surface area contributed by atoms with Gasteiger partial charge < -0.3 is 14.0 Å². The molecule has 0 spiro atoms. The second-order valence-corrected chi connectivity index (χ2v) is 9.42. The van der Waals surface area contributed by atoms with E-state index in [0.29, 0.717) is 16.7 Å². The fraction of sp³-hybridized carbons (Fsp3) is 0.269. The third-order valence-electron chi connectivity index (χ3n) is 6.28. The van der Waals surface area contributed by atoms with Crippen molar-refractivity contribution in [1.82, 2.24) is 14.2 Å². The minimum Gasteiger partial charge on any atom is -0.454 e. The first-order valence-electron chi connectivity index (χ1n) is 11.2. The van der Waals surface area contributed by atoms with E-state index in [0.717, 1.165) is 45.0 Å². The number of fused-ring (bicyclic) bond motifs is 2. The summed E-state index contributed by atoms with van der Waals surface area (Å²) >= 11 is 3.46. The van der Waals surface area contributed by atoms with Gasteiger partial charge in [-0.2, -0.15) is 9.78 Å². The van der Waals surface area contributed by atoms with E-state index in [1.807, 2.05) is 44.2 Å². The Morgan fingerprint density at radius 2 is 1.94 bits per heavy atom. The van der Waals surface area contributed by atoms with Crippen LogP contribution in [-0.2, 0) is 0 Å². The average molecular weight is 521 g/mol. The number of aryl methyl sites for hydroxylation is 1. The summed E-state index contributed by atoms with van der Waals surface area (Å²) < 4.78 is 15.4. The van der Waals surface area contributed by atoms with Gasteiger partial charge in [0, 0.05) is 39.1 Å². The van der Waals surface area contributed by atoms with Gasteiger partial charge in [0.25, 0.3) is 5.56 Å². The molecule has 0 N–H and O–H groups in total. The number of ether oxygens (including phenoxy) is 2. The van der Waals surface area contributed by atoms with E-state index >= 15 is 0 Å². The molecule has 0 radical (unpaired) electrons. The highest BCUT2D eigenvalue weighted by molar-refractivity contribution is 9.10. The molecule has 0 unspecified atom stereocenters. The molecule has 4 aromatic rings. The molecule has 5 rings (SSSR count). The third kappa shape index (κ3) is 3.81. The van der Waals surface area contributed by atoms with Crippen LogP contribution in [0.5, 0.6) is 11.5 Å². The lowest BCUT2D eigenvalue weighted by Gasteiger charge is -2.14. The lowest BCUT2D eigenvalue weighted by Crippen LogP contribution is -2.23. The van der Waals surface area contributed by atoms with Crippen molar-refractivity contribution < 1.29 is 9.47 Å². The minimum absolute atomic E-state index is 0.0824. The van der Waals surface area contributed by atoms with E-state index in [2.05, 4.69) is 45.5 Å². The molecule has 2 aromatic carbocycles. The van der Waals surface area contributed by atoms with E-state index in [9.17, 15) is 4.79 Å². The number of nitrogens with zero attached hydrogens (tertiary/aromatic N) is 4. The molecule has 7 nitrogen and oxygen atoms in total. The largest absolute Gasteiger partial charge is 0.454 e. The van der Waals surface area contributed by atoms with Crippen LogP contribution in [0.15, 0.2) is 56.8 Å². The van der Waals surface area contributed by atoms with E-state index in [4.69, 9.17) is 14.5 Å². The number of rotatable bonds is 5. The minimum atomic E-state index is -0.178. The lowest BCUT2D eigenvalue weighted by atomic mass is 10.1. The Morgan fingerprint density at radius 3 is 2.74 bits per heavy atom. The summed E-state index contributed by atoms with van der Waals surface area (Å²) in [6, 6.07) is 13.5. The van der Waals surface area contributed by atoms with Gasteiger partial charge in [-0.25, -0.2) is 4.98 Å². The molecule has 2 aromatic heterocycles. The molecule has 0 aliphatic carbocycles. The molecule has 1 aliphatic heterocycles. The first-order valence-corrected chi connectivity index (χ1v) is 12.0. The number of aromatic nitrogens is 3. The highest BCUT2D eigenvalue weighted by atomic mass is 79.9. The van der Waals surface area contributed by atoms with Crippen molar-refractivity contribution in [1.29, 1.82) is 0 Å². The second-order valence-electron chi connectivity index (χ2n) is 8.50. The van der Waals surface area contributed by atoms with Crippen LogP contribution in [0.3, 0.4) is 0 Å². The zero-order valence-electron chi connectivity index (χ0n) is 19.5. The number of hydrogen-bond acceptors (Lipinski definition) is 5. The van der Waals surface area contributed by atoms with Crippen LogP contribution >= 0.6 is 15.9 Å². The normalized spacial score (nSPS) is 13.8. The Kier molecular flexibility index (Phi) is 5.77. The smallest absolute Gasteiger partial charge is 0.282 e. The molecule has 174 valence electrons. The van der Waals surface area contributed by atoms with E-state index < -0.39 is 0 Å². The number of benzene rings is 2. The van der Waals surface area contributed by atoms with Crippen LogP contribution in [0, 0.1) is 13.8 Å². The monoisotopic (exact) mass is 520 g/mol. The Bertz CT molecular complexity index is 1500. The second kappa shape index (κ2) is 8.76. The number of hydrogen-bond donors (Lipinski definition) is 0. The summed E-state index contributed by atoms with van der Waals surface area (Å²) in [5.74, 6) is 2.22. The molecule has 1 aliphatic rings. The van der Waals surface area contributed by atoms with Gasteiger partial charge >= 0.3 is 0 Å². The summed E-state index contributed by atoms with van der Waals surface area (Å²) in [6.45, 7) is 8.46. The highest BCUT2D eigenvalue weighted by Crippen LogP contribution is 2.34. The van der Waals surface area contributed by atoms with Crippen molar-refractivity contribution in [2.75, 3.05) is 6.79 Å². The molecule has 0 amide bonds. The molecular formula is C26H25BrN4O3. The SMILES string of the molecule is CC[C@H](C)c1nc2ccc(Br)cc2c(=O)n1N=Cc1cc(C)n(-c2ccc3c(c2)OCO3)c1C. The maximum Gasteiger partial charge on any atom is 0.282 e. The van der Waals surface area contributed by atoms with Gasteiger partial charge in [0.05, 0.1) is 17.1 Å². The van der Waals surface area contributed by atoms with Crippen molar-refractivity contribution in [3.05, 3.63) is 80.1 Å². The van der Waals surface area contributed by atoms with Crippen molar-refractivity contribution >= 4 is 33.0 Å². The zero-order valence-corrected chi connectivity index (χ0v) is 21.1. The molecule has 0 saturated carbocycles. The van der Waals surface area contributed by atoms with E-state index in [-0.39, 0.29) is 18.3 Å². The summed E-state index contributed by atoms with van der Waals surface area (Å²) in [7, 11) is 0. The van der Waals surface area contributed by atoms with Crippen molar-refractivity contribution in [2.45, 2.75) is 40.0 Å². The summed E-state index contributed by atoms with van der Waals surface area (Å²) in [4.78, 5) is 18.2. The van der Waals surface area contributed by atoms with Crippen LogP contribution in [0.25, 0.3) is 16.6 Å². The Labute approximate surface area is 205 Å². The number of halogens is 1. The van der Waals surface area contributed by atoms with Crippen LogP contribution in [0.4, 0.5) is 0 Å². The van der Waals surface area contributed by atoms with Gasteiger partial charge in [0.2, 0.25) is 6.79 Å². The molecule has 8 heteroatoms. The van der Waals surface area contributed by atoms with Crippen LogP contribution < -0.4 is 15.0 Å². The predicted molar refractivity (Wildman–Crippen MR) is 137 cm³/mol. The van der Waals surface area contributed by atoms with Gasteiger partial charge in [-0.3, -0.25) is 4.79 Å². The van der Waals surface area contributed by atoms with Gasteiger partial charge in [-0.15, -0.1) is 0 Å². The van der Waals surface area contributed by atoms with Gasteiger partial charge in [-0.05, 0) is 56.7 Å². The van der Waals surface area contributed by atoms with Crippen molar-refractivity contribution in [2.24, 2.45) is 5.10 Å². The topological polar surface area (TPSA) is 70.6 Å². The molecule has 34 heavy (non-hydrogen) atoms. The molecular weight excluding hydrogens is 496 g/mol. The summed E-state index contributed by atoms with van der Waals surface area (Å²) in [5, 5.41) is 5.17. The molecule has 0 saturated heterocycles. The fourth-order valence-corrected chi connectivity index (χ4v) is 4.60. The summed E-state index contributed by atoms with van der Waals surface area (Å²) in [6.07, 6.45) is 2.59. The fourth-order valence-electron chi connectivity index (χ4n) is 4.24. The predicted octanol–water partition coefficient (Wildman–Crippen LogP) is 5.69. The van der Waals surface area contributed by atoms with E-state index in [1.165, 1.54) is 4.68 Å². The maximum absolute atomic E-state index is 13.4. The van der Waals surface area contributed by atoms with Crippen molar-refractivity contribution in [3.8, 4) is 17.2 Å². The average Bonchev–Trinajstić information content (AvgIpc) is 3.41. The lowest BCUT2D eigenvalue weighted by molar-refractivity contribution is 0.174. The zero-order chi connectivity index (χ0) is 24.0. The van der Waals surface area contributed by atoms with Gasteiger partial charge in [0.15, 0.2) is 11.5 Å². The molecule has 0 bridgehead atoms. The standard InChI is InChI=1S/C26H25BrN4O3/c1-5-15(2)25-29-22-8-6-19(27)11-21(22)26(32)31(25)28-13-18-10-16(3)30(17(18)4)20-7-9-23-24(12-20)34-14-33-23/h6-13,15H,5,14H2,1-4H3/t15-/m0/s1. The van der Waals surface area contributed by atoms with Gasteiger partial charge in [-0.1, -0.05) is 29.8 Å². The molecule has 0 fully saturated rings. The van der Waals surface area contributed by atoms with Crippen LogP contribution in [0.1, 0.15) is 49.0 Å². The molecule has 1 atom stereocenters. The Balaban J connectivity index is 1.60. The molecule has 3 heterocycles. The Hall–Kier alpha value is -3.39. The van der Waals surface area contributed by atoms with Gasteiger partial charge in [0.1, 0.15) is 5.82 Å². The first kappa shape index (κ1) is 22.4. The maximum atomic E-state index is 13.4. The highest BCUT2D eigenvalue weighted by Gasteiger charge is 2.18.